The Morgan fingerprint density at radius 2 is 1.73 bits per heavy atom. The molecule has 0 amide bonds. The SMILES string of the molecule is Cc1cc(NCC(F)(F)F)c(C)cc1F. The third-order valence-electron chi connectivity index (χ3n) is 1.98. The summed E-state index contributed by atoms with van der Waals surface area (Å²) < 4.78 is 48.7. The van der Waals surface area contributed by atoms with E-state index >= 15 is 0 Å². The van der Waals surface area contributed by atoms with E-state index in [0.29, 0.717) is 16.8 Å². The average Bonchev–Trinajstić information content (AvgIpc) is 2.07. The first kappa shape index (κ1) is 11.8. The molecule has 0 radical (unpaired) electrons. The molecule has 1 rings (SSSR count). The van der Waals surface area contributed by atoms with Crippen LogP contribution in [0.1, 0.15) is 11.1 Å². The van der Waals surface area contributed by atoms with E-state index in [-0.39, 0.29) is 0 Å². The van der Waals surface area contributed by atoms with Crippen molar-refractivity contribution in [2.75, 3.05) is 11.9 Å². The van der Waals surface area contributed by atoms with E-state index in [2.05, 4.69) is 5.32 Å². The highest BCUT2D eigenvalue weighted by Gasteiger charge is 2.26. The second kappa shape index (κ2) is 4.08. The largest absolute Gasteiger partial charge is 0.405 e. The third kappa shape index (κ3) is 3.42. The number of alkyl halides is 3. The predicted octanol–water partition coefficient (Wildman–Crippen LogP) is 3.42. The fourth-order valence-corrected chi connectivity index (χ4v) is 1.17. The van der Waals surface area contributed by atoms with E-state index in [1.54, 1.807) is 6.92 Å². The van der Waals surface area contributed by atoms with Gasteiger partial charge in [-0.05, 0) is 37.1 Å². The molecule has 0 bridgehead atoms. The van der Waals surface area contributed by atoms with Crippen LogP contribution in [-0.2, 0) is 0 Å². The molecule has 15 heavy (non-hydrogen) atoms. The Bertz CT molecular complexity index is 357. The first-order chi connectivity index (χ1) is 6.79. The molecule has 0 aromatic heterocycles. The van der Waals surface area contributed by atoms with Crippen molar-refractivity contribution in [3.8, 4) is 0 Å². The molecule has 1 aromatic rings. The smallest absolute Gasteiger partial charge is 0.376 e. The second-order valence-electron chi connectivity index (χ2n) is 3.39. The van der Waals surface area contributed by atoms with Gasteiger partial charge in [-0.1, -0.05) is 0 Å². The molecule has 0 fully saturated rings. The summed E-state index contributed by atoms with van der Waals surface area (Å²) >= 11 is 0. The molecule has 1 aromatic carbocycles. The number of hydrogen-bond acceptors (Lipinski definition) is 1. The number of hydrogen-bond donors (Lipinski definition) is 1. The molecule has 0 heterocycles. The van der Waals surface area contributed by atoms with Crippen LogP contribution in [-0.4, -0.2) is 12.7 Å². The van der Waals surface area contributed by atoms with Crippen LogP contribution in [0.25, 0.3) is 0 Å². The topological polar surface area (TPSA) is 12.0 Å². The van der Waals surface area contributed by atoms with Crippen LogP contribution in [0.2, 0.25) is 0 Å². The van der Waals surface area contributed by atoms with Gasteiger partial charge >= 0.3 is 6.18 Å². The number of benzene rings is 1. The summed E-state index contributed by atoms with van der Waals surface area (Å²) in [6.45, 7) is 1.95. The highest BCUT2D eigenvalue weighted by atomic mass is 19.4. The zero-order valence-electron chi connectivity index (χ0n) is 8.37. The number of halogens is 4. The lowest BCUT2D eigenvalue weighted by Crippen LogP contribution is -2.21. The second-order valence-corrected chi connectivity index (χ2v) is 3.39. The molecule has 0 aliphatic rings. The maximum Gasteiger partial charge on any atom is 0.405 e. The molecule has 0 saturated carbocycles. The van der Waals surface area contributed by atoms with Crippen LogP contribution >= 0.6 is 0 Å². The van der Waals surface area contributed by atoms with Crippen molar-refractivity contribution in [2.24, 2.45) is 0 Å². The summed E-state index contributed by atoms with van der Waals surface area (Å²) in [5.41, 5.74) is 1.10. The molecule has 0 aliphatic carbocycles. The Kier molecular flexibility index (Phi) is 3.21. The van der Waals surface area contributed by atoms with Crippen LogP contribution in [0.4, 0.5) is 23.2 Å². The van der Waals surface area contributed by atoms with Crippen molar-refractivity contribution in [2.45, 2.75) is 20.0 Å². The molecular formula is C10H11F4N. The number of anilines is 1. The minimum Gasteiger partial charge on any atom is -0.376 e. The quantitative estimate of drug-likeness (QED) is 0.754. The van der Waals surface area contributed by atoms with Crippen molar-refractivity contribution in [3.05, 3.63) is 29.1 Å². The first-order valence-electron chi connectivity index (χ1n) is 4.37. The van der Waals surface area contributed by atoms with Crippen LogP contribution in [0.3, 0.4) is 0 Å². The molecule has 0 unspecified atom stereocenters. The average molecular weight is 221 g/mol. The van der Waals surface area contributed by atoms with Gasteiger partial charge in [0.2, 0.25) is 0 Å². The Morgan fingerprint density at radius 1 is 1.13 bits per heavy atom. The number of rotatable bonds is 2. The number of nitrogens with one attached hydrogen (secondary N) is 1. The molecule has 1 N–H and O–H groups in total. The highest BCUT2D eigenvalue weighted by Crippen LogP contribution is 2.22. The predicted molar refractivity (Wildman–Crippen MR) is 50.4 cm³/mol. The summed E-state index contributed by atoms with van der Waals surface area (Å²) in [7, 11) is 0. The highest BCUT2D eigenvalue weighted by molar-refractivity contribution is 5.53. The van der Waals surface area contributed by atoms with Crippen LogP contribution in [0.5, 0.6) is 0 Å². The van der Waals surface area contributed by atoms with E-state index in [4.69, 9.17) is 0 Å². The fraction of sp³-hybridized carbons (Fsp3) is 0.400. The molecule has 0 atom stereocenters. The molecule has 0 aliphatic heterocycles. The zero-order valence-corrected chi connectivity index (χ0v) is 8.37. The monoisotopic (exact) mass is 221 g/mol. The normalized spacial score (nSPS) is 11.6. The van der Waals surface area contributed by atoms with Crippen molar-refractivity contribution >= 4 is 5.69 Å². The lowest BCUT2D eigenvalue weighted by Gasteiger charge is -2.12. The molecule has 0 spiro atoms. The van der Waals surface area contributed by atoms with E-state index < -0.39 is 18.5 Å². The zero-order chi connectivity index (χ0) is 11.6. The summed E-state index contributed by atoms with van der Waals surface area (Å²) in [6.07, 6.45) is -4.27. The summed E-state index contributed by atoms with van der Waals surface area (Å²) in [6, 6.07) is 2.59. The molecule has 84 valence electrons. The minimum atomic E-state index is -4.27. The molecular weight excluding hydrogens is 210 g/mol. The van der Waals surface area contributed by atoms with Crippen molar-refractivity contribution in [3.63, 3.8) is 0 Å². The van der Waals surface area contributed by atoms with E-state index in [0.717, 1.165) is 0 Å². The van der Waals surface area contributed by atoms with Gasteiger partial charge in [-0.3, -0.25) is 0 Å². The van der Waals surface area contributed by atoms with Gasteiger partial charge in [0.15, 0.2) is 0 Å². The van der Waals surface area contributed by atoms with Gasteiger partial charge in [0.25, 0.3) is 0 Å². The molecule has 0 saturated heterocycles. The lowest BCUT2D eigenvalue weighted by atomic mass is 10.1. The van der Waals surface area contributed by atoms with Gasteiger partial charge in [-0.25, -0.2) is 4.39 Å². The fourth-order valence-electron chi connectivity index (χ4n) is 1.17. The van der Waals surface area contributed by atoms with Gasteiger partial charge in [0, 0.05) is 5.69 Å². The molecule has 1 nitrogen and oxygen atoms in total. The first-order valence-corrected chi connectivity index (χ1v) is 4.37. The maximum atomic E-state index is 13.0. The Labute approximate surface area is 85.1 Å². The van der Waals surface area contributed by atoms with Crippen LogP contribution in [0.15, 0.2) is 12.1 Å². The minimum absolute atomic E-state index is 0.311. The van der Waals surface area contributed by atoms with Crippen molar-refractivity contribution < 1.29 is 17.6 Å². The lowest BCUT2D eigenvalue weighted by molar-refractivity contribution is -0.115. The number of aryl methyl sites for hydroxylation is 2. The van der Waals surface area contributed by atoms with Gasteiger partial charge in [-0.15, -0.1) is 0 Å². The van der Waals surface area contributed by atoms with Crippen LogP contribution < -0.4 is 5.32 Å². The van der Waals surface area contributed by atoms with Crippen molar-refractivity contribution in [1.29, 1.82) is 0 Å². The van der Waals surface area contributed by atoms with E-state index in [1.807, 2.05) is 0 Å². The van der Waals surface area contributed by atoms with Gasteiger partial charge in [-0.2, -0.15) is 13.2 Å². The van der Waals surface area contributed by atoms with Gasteiger partial charge < -0.3 is 5.32 Å². The third-order valence-corrected chi connectivity index (χ3v) is 1.98. The summed E-state index contributed by atoms with van der Waals surface area (Å²) in [4.78, 5) is 0. The molecule has 5 heteroatoms. The van der Waals surface area contributed by atoms with Gasteiger partial charge in [0.1, 0.15) is 12.4 Å². The summed E-state index contributed by atoms with van der Waals surface area (Å²) in [5, 5.41) is 2.23. The summed E-state index contributed by atoms with van der Waals surface area (Å²) in [5.74, 6) is -0.412. The van der Waals surface area contributed by atoms with Gasteiger partial charge in [0.05, 0.1) is 0 Å². The van der Waals surface area contributed by atoms with Crippen molar-refractivity contribution in [1.82, 2.24) is 0 Å². The Balaban J connectivity index is 2.82. The van der Waals surface area contributed by atoms with E-state index in [9.17, 15) is 17.6 Å². The standard InChI is InChI=1S/C10H11F4N/c1-6-4-9(7(2)3-8(6)11)15-5-10(12,13)14/h3-4,15H,5H2,1-2H3. The van der Waals surface area contributed by atoms with E-state index in [1.165, 1.54) is 19.1 Å². The van der Waals surface area contributed by atoms with Crippen LogP contribution in [0, 0.1) is 19.7 Å². The maximum absolute atomic E-state index is 13.0. The Morgan fingerprint density at radius 3 is 2.27 bits per heavy atom. The Hall–Kier alpha value is -1.26.